The zero-order valence-electron chi connectivity index (χ0n) is 20.7. The number of terminal acetylenes is 2. The molecule has 0 aliphatic carbocycles. The fourth-order valence-electron chi connectivity index (χ4n) is 5.85. The van der Waals surface area contributed by atoms with Gasteiger partial charge in [0.05, 0.1) is 0 Å². The monoisotopic (exact) mass is 478 g/mol. The van der Waals surface area contributed by atoms with Gasteiger partial charge < -0.3 is 0 Å². The van der Waals surface area contributed by atoms with E-state index >= 15 is 0 Å². The maximum Gasteiger partial charge on any atom is 0.0405 e. The first-order valence-electron chi connectivity index (χ1n) is 12.7. The molecule has 0 aliphatic rings. The number of benzene rings is 7. The molecule has 174 valence electrons. The van der Waals surface area contributed by atoms with Crippen LogP contribution < -0.4 is 0 Å². The summed E-state index contributed by atoms with van der Waals surface area (Å²) in [5, 5.41) is 9.07. The lowest BCUT2D eigenvalue weighted by Gasteiger charge is -2.14. The molecule has 7 rings (SSSR count). The Hall–Kier alpha value is -5.30. The van der Waals surface area contributed by atoms with Crippen molar-refractivity contribution in [1.82, 2.24) is 0 Å². The van der Waals surface area contributed by atoms with E-state index in [0.717, 1.165) is 76.5 Å². The Bertz CT molecular complexity index is 1970. The molecule has 0 amide bonds. The molecule has 0 bridgehead atoms. The molecule has 0 spiro atoms. The van der Waals surface area contributed by atoms with E-state index in [0.29, 0.717) is 0 Å². The van der Waals surface area contributed by atoms with Crippen molar-refractivity contribution in [2.45, 2.75) is 0 Å². The summed E-state index contributed by atoms with van der Waals surface area (Å²) in [4.78, 5) is 0. The fraction of sp³-hybridized carbons (Fsp3) is 0. The molecule has 0 unspecified atom stereocenters. The minimum Gasteiger partial charge on any atom is -0.115 e. The van der Waals surface area contributed by atoms with Crippen LogP contribution >= 0.6 is 0 Å². The first kappa shape index (κ1) is 21.9. The van der Waals surface area contributed by atoms with E-state index in [1.165, 1.54) is 0 Å². The minimum atomic E-state index is 0.942. The van der Waals surface area contributed by atoms with Crippen LogP contribution in [0.4, 0.5) is 0 Å². The number of rotatable bonds is 2. The van der Waals surface area contributed by atoms with Crippen LogP contribution in [-0.4, -0.2) is 0 Å². The minimum absolute atomic E-state index is 0.942. The lowest BCUT2D eigenvalue weighted by Crippen LogP contribution is -1.90. The van der Waals surface area contributed by atoms with Crippen molar-refractivity contribution >= 4 is 43.1 Å². The standard InChI is InChI=1S/C38H22/c1-3-31-33-15-7-5-11-27(33)23-29-13-9-17-35(37(29)31)25-19-21-26(22-20-25)36-18-10-14-30-24-28-12-6-8-16-34(28)32(4-2)38(30)36/h1-2,5-24H. The van der Waals surface area contributed by atoms with Crippen molar-refractivity contribution in [2.75, 3.05) is 0 Å². The second kappa shape index (κ2) is 8.67. The lowest BCUT2D eigenvalue weighted by atomic mass is 9.89. The van der Waals surface area contributed by atoms with E-state index in [-0.39, 0.29) is 0 Å². The summed E-state index contributed by atoms with van der Waals surface area (Å²) in [7, 11) is 0. The van der Waals surface area contributed by atoms with E-state index in [9.17, 15) is 0 Å². The average molecular weight is 479 g/mol. The molecule has 0 aromatic heterocycles. The first-order chi connectivity index (χ1) is 18.8. The molecule has 7 aromatic carbocycles. The molecule has 0 nitrogen and oxygen atoms in total. The zero-order chi connectivity index (χ0) is 25.6. The smallest absolute Gasteiger partial charge is 0.0405 e. The van der Waals surface area contributed by atoms with Crippen molar-refractivity contribution in [3.05, 3.63) is 132 Å². The topological polar surface area (TPSA) is 0 Å². The average Bonchev–Trinajstić information content (AvgIpc) is 2.98. The van der Waals surface area contributed by atoms with Crippen molar-refractivity contribution in [3.8, 4) is 46.9 Å². The third-order valence-corrected chi connectivity index (χ3v) is 7.57. The Morgan fingerprint density at radius 1 is 0.395 bits per heavy atom. The molecule has 7 aromatic rings. The molecule has 0 aliphatic heterocycles. The Kier molecular flexibility index (Phi) is 5.01. The van der Waals surface area contributed by atoms with Gasteiger partial charge in [0, 0.05) is 21.9 Å². The molecule has 38 heavy (non-hydrogen) atoms. The zero-order valence-corrected chi connectivity index (χ0v) is 20.7. The molecule has 0 saturated heterocycles. The van der Waals surface area contributed by atoms with Gasteiger partial charge in [-0.25, -0.2) is 0 Å². The van der Waals surface area contributed by atoms with E-state index < -0.39 is 0 Å². The highest BCUT2D eigenvalue weighted by atomic mass is 14.2. The van der Waals surface area contributed by atoms with Gasteiger partial charge in [0.15, 0.2) is 0 Å². The second-order valence-corrected chi connectivity index (χ2v) is 9.62. The summed E-state index contributed by atoms with van der Waals surface area (Å²) in [5.74, 6) is 5.98. The van der Waals surface area contributed by atoms with Crippen LogP contribution in [0.25, 0.3) is 65.3 Å². The Morgan fingerprint density at radius 3 is 1.21 bits per heavy atom. The highest BCUT2D eigenvalue weighted by molar-refractivity contribution is 6.12. The molecule has 0 heteroatoms. The highest BCUT2D eigenvalue weighted by Crippen LogP contribution is 2.38. The van der Waals surface area contributed by atoms with Crippen molar-refractivity contribution < 1.29 is 0 Å². The van der Waals surface area contributed by atoms with Crippen molar-refractivity contribution in [2.24, 2.45) is 0 Å². The van der Waals surface area contributed by atoms with Gasteiger partial charge in [-0.2, -0.15) is 0 Å². The quantitative estimate of drug-likeness (QED) is 0.171. The fourth-order valence-corrected chi connectivity index (χ4v) is 5.85. The molecule has 0 atom stereocenters. The molecule has 0 heterocycles. The van der Waals surface area contributed by atoms with Gasteiger partial charge in [-0.05, 0) is 66.7 Å². The molecule has 0 radical (unpaired) electrons. The summed E-state index contributed by atoms with van der Waals surface area (Å²) in [6.45, 7) is 0. The summed E-state index contributed by atoms with van der Waals surface area (Å²) < 4.78 is 0. The van der Waals surface area contributed by atoms with Gasteiger partial charge in [-0.1, -0.05) is 121 Å². The van der Waals surface area contributed by atoms with Gasteiger partial charge in [0.1, 0.15) is 0 Å². The van der Waals surface area contributed by atoms with Gasteiger partial charge >= 0.3 is 0 Å². The largest absolute Gasteiger partial charge is 0.115 e. The lowest BCUT2D eigenvalue weighted by molar-refractivity contribution is 1.62. The third kappa shape index (κ3) is 3.29. The third-order valence-electron chi connectivity index (χ3n) is 7.57. The Balaban J connectivity index is 1.43. The normalized spacial score (nSPS) is 11.1. The summed E-state index contributed by atoms with van der Waals surface area (Å²) in [6, 6.07) is 42.7. The van der Waals surface area contributed by atoms with Crippen LogP contribution in [0.1, 0.15) is 11.1 Å². The van der Waals surface area contributed by atoms with Crippen LogP contribution in [0.3, 0.4) is 0 Å². The number of fused-ring (bicyclic) bond motifs is 4. The first-order valence-corrected chi connectivity index (χ1v) is 12.7. The van der Waals surface area contributed by atoms with E-state index in [4.69, 9.17) is 12.8 Å². The second-order valence-electron chi connectivity index (χ2n) is 9.62. The van der Waals surface area contributed by atoms with Gasteiger partial charge in [-0.3, -0.25) is 0 Å². The predicted octanol–water partition coefficient (Wildman–Crippen LogP) is 9.60. The van der Waals surface area contributed by atoms with Crippen molar-refractivity contribution in [1.29, 1.82) is 0 Å². The van der Waals surface area contributed by atoms with Crippen LogP contribution in [0.15, 0.2) is 121 Å². The maximum atomic E-state index is 6.08. The van der Waals surface area contributed by atoms with Crippen LogP contribution in [0.5, 0.6) is 0 Å². The number of hydrogen-bond donors (Lipinski definition) is 0. The predicted molar refractivity (Wildman–Crippen MR) is 163 cm³/mol. The molecular formula is C38H22. The van der Waals surface area contributed by atoms with Gasteiger partial charge in [0.2, 0.25) is 0 Å². The Morgan fingerprint density at radius 2 is 0.789 bits per heavy atom. The molecule has 0 N–H and O–H groups in total. The molecular weight excluding hydrogens is 456 g/mol. The SMILES string of the molecule is C#Cc1c2ccccc2cc2cccc(-c3ccc(-c4cccc5cc6ccccc6c(C#C)c45)cc3)c12. The van der Waals surface area contributed by atoms with Crippen LogP contribution in [-0.2, 0) is 0 Å². The molecule has 0 saturated carbocycles. The van der Waals surface area contributed by atoms with Gasteiger partial charge in [0.25, 0.3) is 0 Å². The van der Waals surface area contributed by atoms with E-state index in [1.54, 1.807) is 0 Å². The number of hydrogen-bond acceptors (Lipinski definition) is 0. The van der Waals surface area contributed by atoms with E-state index in [1.807, 2.05) is 12.1 Å². The highest BCUT2D eigenvalue weighted by Gasteiger charge is 2.14. The summed E-state index contributed by atoms with van der Waals surface area (Å²) in [6.07, 6.45) is 12.2. The Labute approximate surface area is 222 Å². The van der Waals surface area contributed by atoms with Crippen LogP contribution in [0.2, 0.25) is 0 Å². The maximum absolute atomic E-state index is 6.08. The van der Waals surface area contributed by atoms with Crippen molar-refractivity contribution in [3.63, 3.8) is 0 Å². The summed E-state index contributed by atoms with van der Waals surface area (Å²) in [5.41, 5.74) is 6.43. The molecule has 0 fully saturated rings. The summed E-state index contributed by atoms with van der Waals surface area (Å²) >= 11 is 0. The van der Waals surface area contributed by atoms with E-state index in [2.05, 4.69) is 121 Å². The van der Waals surface area contributed by atoms with Gasteiger partial charge in [-0.15, -0.1) is 12.8 Å². The van der Waals surface area contributed by atoms with Crippen LogP contribution in [0, 0.1) is 24.7 Å².